The van der Waals surface area contributed by atoms with Crippen molar-refractivity contribution in [3.8, 4) is 5.75 Å². The Morgan fingerprint density at radius 2 is 1.56 bits per heavy atom. The summed E-state index contributed by atoms with van der Waals surface area (Å²) >= 11 is 0. The first-order valence-corrected chi connectivity index (χ1v) is 7.83. The number of amides is 1. The average Bonchev–Trinajstić information content (AvgIpc) is 2.61. The van der Waals surface area contributed by atoms with Crippen LogP contribution >= 0.6 is 0 Å². The first-order valence-electron chi connectivity index (χ1n) is 7.83. The number of carbonyl (C=O) groups excluding carboxylic acids is 2. The Labute approximate surface area is 144 Å². The van der Waals surface area contributed by atoms with Gasteiger partial charge < -0.3 is 15.2 Å². The van der Waals surface area contributed by atoms with Gasteiger partial charge in [0.2, 0.25) is 0 Å². The van der Waals surface area contributed by atoms with Crippen molar-refractivity contribution in [1.82, 2.24) is 0 Å². The molecule has 0 aliphatic heterocycles. The smallest absolute Gasteiger partial charge is 0.342 e. The monoisotopic (exact) mass is 335 g/mol. The predicted octanol–water partition coefficient (Wildman–Crippen LogP) is 3.73. The van der Waals surface area contributed by atoms with Gasteiger partial charge >= 0.3 is 5.97 Å². The number of anilines is 1. The second-order valence-electron chi connectivity index (χ2n) is 5.62. The zero-order valence-corrected chi connectivity index (χ0v) is 13.6. The van der Waals surface area contributed by atoms with E-state index in [4.69, 9.17) is 4.74 Å². The van der Waals surface area contributed by atoms with Gasteiger partial charge in [0.15, 0.2) is 6.10 Å². The molecule has 0 spiro atoms. The zero-order chi connectivity index (χ0) is 17.8. The first kappa shape index (κ1) is 16.5. The number of carbonyl (C=O) groups is 2. The van der Waals surface area contributed by atoms with Crippen LogP contribution in [0.3, 0.4) is 0 Å². The maximum Gasteiger partial charge on any atom is 0.342 e. The fourth-order valence-corrected chi connectivity index (χ4v) is 2.43. The van der Waals surface area contributed by atoms with Gasteiger partial charge in [-0.25, -0.2) is 4.79 Å². The number of aromatic hydroxyl groups is 1. The number of phenolic OH excluding ortho intramolecular Hbond substituents is 1. The molecular weight excluding hydrogens is 318 g/mol. The van der Waals surface area contributed by atoms with Crippen molar-refractivity contribution in [2.24, 2.45) is 0 Å². The normalized spacial score (nSPS) is 11.7. The lowest BCUT2D eigenvalue weighted by atomic mass is 10.1. The van der Waals surface area contributed by atoms with Gasteiger partial charge in [-0.1, -0.05) is 42.5 Å². The molecule has 0 saturated heterocycles. The maximum absolute atomic E-state index is 12.3. The molecule has 2 N–H and O–H groups in total. The molecule has 0 heterocycles. The van der Waals surface area contributed by atoms with Crippen LogP contribution in [0.4, 0.5) is 5.69 Å². The zero-order valence-electron chi connectivity index (χ0n) is 13.6. The Morgan fingerprint density at radius 3 is 2.24 bits per heavy atom. The summed E-state index contributed by atoms with van der Waals surface area (Å²) in [5, 5.41) is 14.3. The number of phenols is 1. The maximum atomic E-state index is 12.3. The average molecular weight is 335 g/mol. The van der Waals surface area contributed by atoms with Crippen molar-refractivity contribution in [1.29, 1.82) is 0 Å². The Hall–Kier alpha value is -3.34. The van der Waals surface area contributed by atoms with Crippen LogP contribution in [0.5, 0.6) is 5.75 Å². The van der Waals surface area contributed by atoms with E-state index in [1.54, 1.807) is 30.3 Å². The van der Waals surface area contributed by atoms with Crippen molar-refractivity contribution in [2.45, 2.75) is 13.0 Å². The molecule has 0 aliphatic carbocycles. The molecule has 0 aromatic heterocycles. The van der Waals surface area contributed by atoms with Crippen LogP contribution in [0.25, 0.3) is 10.8 Å². The topological polar surface area (TPSA) is 75.6 Å². The Morgan fingerprint density at radius 1 is 0.960 bits per heavy atom. The first-order chi connectivity index (χ1) is 12.0. The molecule has 0 bridgehead atoms. The molecule has 0 saturated carbocycles. The molecule has 5 nitrogen and oxygen atoms in total. The molecule has 1 atom stereocenters. The summed E-state index contributed by atoms with van der Waals surface area (Å²) in [6, 6.07) is 19.3. The minimum absolute atomic E-state index is 0.0260. The van der Waals surface area contributed by atoms with Gasteiger partial charge in [0.1, 0.15) is 11.3 Å². The van der Waals surface area contributed by atoms with Gasteiger partial charge in [0.05, 0.1) is 0 Å². The van der Waals surface area contributed by atoms with Crippen LogP contribution in [0.15, 0.2) is 66.7 Å². The van der Waals surface area contributed by atoms with Crippen LogP contribution in [0, 0.1) is 0 Å². The largest absolute Gasteiger partial charge is 0.507 e. The molecule has 0 radical (unpaired) electrons. The van der Waals surface area contributed by atoms with E-state index in [0.717, 1.165) is 10.8 Å². The highest BCUT2D eigenvalue weighted by molar-refractivity contribution is 6.01. The SMILES string of the molecule is C[C@H](OC(=O)c1cc2ccccc2cc1O)C(=O)Nc1ccccc1. The lowest BCUT2D eigenvalue weighted by Crippen LogP contribution is -2.30. The van der Waals surface area contributed by atoms with Crippen molar-refractivity contribution < 1.29 is 19.4 Å². The predicted molar refractivity (Wildman–Crippen MR) is 95.6 cm³/mol. The summed E-state index contributed by atoms with van der Waals surface area (Å²) in [6.45, 7) is 1.48. The minimum atomic E-state index is -1.00. The third-order valence-corrected chi connectivity index (χ3v) is 3.78. The second-order valence-corrected chi connectivity index (χ2v) is 5.62. The molecule has 0 fully saturated rings. The van der Waals surface area contributed by atoms with Crippen molar-refractivity contribution >= 4 is 28.3 Å². The standard InChI is InChI=1S/C20H17NO4/c1-13(19(23)21-16-9-3-2-4-10-16)25-20(24)17-11-14-7-5-6-8-15(14)12-18(17)22/h2-13,22H,1H3,(H,21,23)/t13-/m0/s1. The molecular formula is C20H17NO4. The number of benzene rings is 3. The van der Waals surface area contributed by atoms with Gasteiger partial charge in [0.25, 0.3) is 5.91 Å². The van der Waals surface area contributed by atoms with E-state index in [2.05, 4.69) is 5.32 Å². The molecule has 126 valence electrons. The summed E-state index contributed by atoms with van der Waals surface area (Å²) in [5.41, 5.74) is 0.641. The summed E-state index contributed by atoms with van der Waals surface area (Å²) in [5.74, 6) is -1.38. The summed E-state index contributed by atoms with van der Waals surface area (Å²) < 4.78 is 5.19. The van der Waals surface area contributed by atoms with E-state index in [1.807, 2.05) is 30.3 Å². The molecule has 3 rings (SSSR count). The fraction of sp³-hybridized carbons (Fsp3) is 0.100. The van der Waals surface area contributed by atoms with Crippen LogP contribution in [0.2, 0.25) is 0 Å². The van der Waals surface area contributed by atoms with E-state index in [1.165, 1.54) is 13.0 Å². The van der Waals surface area contributed by atoms with E-state index in [0.29, 0.717) is 5.69 Å². The van der Waals surface area contributed by atoms with Gasteiger partial charge in [-0.3, -0.25) is 4.79 Å². The quantitative estimate of drug-likeness (QED) is 0.712. The number of hydrogen-bond donors (Lipinski definition) is 2. The van der Waals surface area contributed by atoms with Crippen LogP contribution in [-0.2, 0) is 9.53 Å². The Kier molecular flexibility index (Phi) is 4.66. The molecule has 5 heteroatoms. The summed E-state index contributed by atoms with van der Waals surface area (Å²) in [6.07, 6.45) is -1.00. The van der Waals surface area contributed by atoms with Gasteiger partial charge in [-0.15, -0.1) is 0 Å². The van der Waals surface area contributed by atoms with Gasteiger partial charge in [-0.2, -0.15) is 0 Å². The van der Waals surface area contributed by atoms with Crippen molar-refractivity contribution in [3.05, 3.63) is 72.3 Å². The van der Waals surface area contributed by atoms with Crippen LogP contribution in [0.1, 0.15) is 17.3 Å². The highest BCUT2D eigenvalue weighted by Gasteiger charge is 2.21. The molecule has 25 heavy (non-hydrogen) atoms. The van der Waals surface area contributed by atoms with E-state index in [-0.39, 0.29) is 11.3 Å². The Balaban J connectivity index is 1.73. The molecule has 0 aliphatic rings. The number of nitrogens with one attached hydrogen (secondary N) is 1. The fourth-order valence-electron chi connectivity index (χ4n) is 2.43. The lowest BCUT2D eigenvalue weighted by molar-refractivity contribution is -0.123. The Bertz CT molecular complexity index is 921. The van der Waals surface area contributed by atoms with Crippen LogP contribution in [-0.4, -0.2) is 23.1 Å². The van der Waals surface area contributed by atoms with Crippen LogP contribution < -0.4 is 5.32 Å². The van der Waals surface area contributed by atoms with Crippen molar-refractivity contribution in [3.63, 3.8) is 0 Å². The van der Waals surface area contributed by atoms with E-state index in [9.17, 15) is 14.7 Å². The van der Waals surface area contributed by atoms with E-state index >= 15 is 0 Å². The lowest BCUT2D eigenvalue weighted by Gasteiger charge is -2.14. The van der Waals surface area contributed by atoms with Crippen molar-refractivity contribution in [2.75, 3.05) is 5.32 Å². The number of esters is 1. The second kappa shape index (κ2) is 7.05. The molecule has 0 unspecified atom stereocenters. The number of ether oxygens (including phenoxy) is 1. The molecule has 3 aromatic rings. The highest BCUT2D eigenvalue weighted by Crippen LogP contribution is 2.26. The highest BCUT2D eigenvalue weighted by atomic mass is 16.5. The number of rotatable bonds is 4. The number of fused-ring (bicyclic) bond motifs is 1. The summed E-state index contributed by atoms with van der Waals surface area (Å²) in [4.78, 5) is 24.4. The third-order valence-electron chi connectivity index (χ3n) is 3.78. The third kappa shape index (κ3) is 3.77. The van der Waals surface area contributed by atoms with Gasteiger partial charge in [-0.05, 0) is 42.0 Å². The minimum Gasteiger partial charge on any atom is -0.507 e. The number of para-hydroxylation sites is 1. The van der Waals surface area contributed by atoms with Gasteiger partial charge in [0, 0.05) is 5.69 Å². The van der Waals surface area contributed by atoms with E-state index < -0.39 is 18.0 Å². The number of hydrogen-bond acceptors (Lipinski definition) is 4. The molecule has 1 amide bonds. The summed E-state index contributed by atoms with van der Waals surface area (Å²) in [7, 11) is 0. The molecule has 3 aromatic carbocycles.